The number of hydrogen-bond acceptors (Lipinski definition) is 4. The van der Waals surface area contributed by atoms with Crippen LogP contribution in [0.2, 0.25) is 5.15 Å². The molecule has 0 aliphatic carbocycles. The van der Waals surface area contributed by atoms with Gasteiger partial charge in [-0.2, -0.15) is 5.26 Å². The molecule has 4 nitrogen and oxygen atoms in total. The molecule has 20 heavy (non-hydrogen) atoms. The van der Waals surface area contributed by atoms with Gasteiger partial charge in [0.2, 0.25) is 0 Å². The maximum atomic E-state index is 8.79. The van der Waals surface area contributed by atoms with E-state index >= 15 is 0 Å². The number of rotatable bonds is 4. The van der Waals surface area contributed by atoms with Gasteiger partial charge in [0.05, 0.1) is 11.6 Å². The lowest BCUT2D eigenvalue weighted by Gasteiger charge is -2.11. The van der Waals surface area contributed by atoms with E-state index in [-0.39, 0.29) is 0 Å². The van der Waals surface area contributed by atoms with Gasteiger partial charge in [0.1, 0.15) is 16.8 Å². The van der Waals surface area contributed by atoms with Crippen LogP contribution in [0.5, 0.6) is 0 Å². The molecule has 1 aromatic heterocycles. The molecule has 2 rings (SSSR count). The first-order chi connectivity index (χ1) is 9.63. The monoisotopic (exact) mass is 286 g/mol. The van der Waals surface area contributed by atoms with E-state index in [4.69, 9.17) is 16.9 Å². The molecule has 5 heteroatoms. The van der Waals surface area contributed by atoms with E-state index in [1.165, 1.54) is 0 Å². The Labute approximate surface area is 123 Å². The fraction of sp³-hybridized carbons (Fsp3) is 0.267. The lowest BCUT2D eigenvalue weighted by molar-refractivity contribution is 0.833. The van der Waals surface area contributed by atoms with Crippen LogP contribution in [-0.2, 0) is 6.42 Å². The summed E-state index contributed by atoms with van der Waals surface area (Å²) >= 11 is 6.13. The van der Waals surface area contributed by atoms with Crippen LogP contribution < -0.4 is 5.32 Å². The van der Waals surface area contributed by atoms with Crippen molar-refractivity contribution in [3.63, 3.8) is 0 Å². The third-order valence-corrected chi connectivity index (χ3v) is 3.25. The molecule has 0 saturated carbocycles. The molecule has 0 radical (unpaired) electrons. The summed E-state index contributed by atoms with van der Waals surface area (Å²) in [6.07, 6.45) is 1.76. The summed E-state index contributed by atoms with van der Waals surface area (Å²) in [5.41, 5.74) is 2.31. The fourth-order valence-electron chi connectivity index (χ4n) is 1.75. The van der Waals surface area contributed by atoms with E-state index in [0.717, 1.165) is 29.9 Å². The lowest BCUT2D eigenvalue weighted by Crippen LogP contribution is -2.03. The minimum absolute atomic E-state index is 0.472. The smallest absolute Gasteiger partial charge is 0.138 e. The Balaban J connectivity index is 2.29. The molecule has 0 amide bonds. The predicted molar refractivity (Wildman–Crippen MR) is 80.2 cm³/mol. The number of hydrogen-bond donors (Lipinski definition) is 1. The third-order valence-electron chi connectivity index (χ3n) is 2.88. The van der Waals surface area contributed by atoms with Crippen LogP contribution in [0.25, 0.3) is 0 Å². The number of benzene rings is 1. The summed E-state index contributed by atoms with van der Waals surface area (Å²) in [5.74, 6) is 1.44. The van der Waals surface area contributed by atoms with E-state index in [9.17, 15) is 0 Å². The van der Waals surface area contributed by atoms with Crippen molar-refractivity contribution in [2.24, 2.45) is 0 Å². The average molecular weight is 287 g/mol. The van der Waals surface area contributed by atoms with Gasteiger partial charge in [-0.05, 0) is 37.6 Å². The summed E-state index contributed by atoms with van der Waals surface area (Å²) in [5, 5.41) is 12.5. The molecule has 0 unspecified atom stereocenters. The average Bonchev–Trinajstić information content (AvgIpc) is 2.45. The van der Waals surface area contributed by atoms with Gasteiger partial charge in [0.25, 0.3) is 0 Å². The van der Waals surface area contributed by atoms with Crippen LogP contribution in [-0.4, -0.2) is 9.97 Å². The highest BCUT2D eigenvalue weighted by Crippen LogP contribution is 2.24. The van der Waals surface area contributed by atoms with Gasteiger partial charge in [0.15, 0.2) is 0 Å². The maximum Gasteiger partial charge on any atom is 0.138 e. The molecule has 0 aliphatic rings. The van der Waals surface area contributed by atoms with Crippen LogP contribution in [0.4, 0.5) is 11.5 Å². The highest BCUT2D eigenvalue weighted by Gasteiger charge is 2.09. The number of halogens is 1. The van der Waals surface area contributed by atoms with Crippen molar-refractivity contribution in [3.8, 4) is 6.07 Å². The molecule has 0 atom stereocenters. The van der Waals surface area contributed by atoms with Crippen LogP contribution in [0, 0.1) is 18.3 Å². The quantitative estimate of drug-likeness (QED) is 0.863. The van der Waals surface area contributed by atoms with E-state index in [1.807, 2.05) is 19.1 Å². The topological polar surface area (TPSA) is 61.6 Å². The van der Waals surface area contributed by atoms with Crippen molar-refractivity contribution in [3.05, 3.63) is 46.4 Å². The SMILES string of the molecule is CCCc1nc(Cl)c(C)c(Nc2ccc(C#N)cc2)n1. The molecule has 0 fully saturated rings. The Morgan fingerprint density at radius 3 is 2.55 bits per heavy atom. The van der Waals surface area contributed by atoms with Gasteiger partial charge in [-0.25, -0.2) is 9.97 Å². The van der Waals surface area contributed by atoms with Gasteiger partial charge in [-0.1, -0.05) is 18.5 Å². The Hall–Kier alpha value is -2.12. The fourth-order valence-corrected chi connectivity index (χ4v) is 1.94. The first kappa shape index (κ1) is 14.3. The van der Waals surface area contributed by atoms with E-state index in [0.29, 0.717) is 16.5 Å². The second kappa shape index (κ2) is 6.36. The summed E-state index contributed by atoms with van der Waals surface area (Å²) in [6, 6.07) is 9.29. The molecule has 1 aromatic carbocycles. The molecule has 0 spiro atoms. The summed E-state index contributed by atoms with van der Waals surface area (Å²) < 4.78 is 0. The van der Waals surface area contributed by atoms with Crippen LogP contribution in [0.3, 0.4) is 0 Å². The number of anilines is 2. The minimum atomic E-state index is 0.472. The van der Waals surface area contributed by atoms with Gasteiger partial charge < -0.3 is 5.32 Å². The van der Waals surface area contributed by atoms with E-state index < -0.39 is 0 Å². The molecule has 1 N–H and O–H groups in total. The summed E-state index contributed by atoms with van der Waals surface area (Å²) in [7, 11) is 0. The number of nitrogens with zero attached hydrogens (tertiary/aromatic N) is 3. The van der Waals surface area contributed by atoms with Crippen molar-refractivity contribution in [1.82, 2.24) is 9.97 Å². The molecule has 0 bridgehead atoms. The first-order valence-corrected chi connectivity index (χ1v) is 6.82. The molecule has 0 saturated heterocycles. The first-order valence-electron chi connectivity index (χ1n) is 6.44. The number of aromatic nitrogens is 2. The van der Waals surface area contributed by atoms with Crippen LogP contribution >= 0.6 is 11.6 Å². The van der Waals surface area contributed by atoms with Crippen molar-refractivity contribution in [2.75, 3.05) is 5.32 Å². The molecule has 0 aliphatic heterocycles. The summed E-state index contributed by atoms with van der Waals surface area (Å²) in [6.45, 7) is 3.95. The Morgan fingerprint density at radius 1 is 1.25 bits per heavy atom. The van der Waals surface area contributed by atoms with Gasteiger partial charge >= 0.3 is 0 Å². The van der Waals surface area contributed by atoms with Gasteiger partial charge in [-0.15, -0.1) is 0 Å². The number of nitriles is 1. The zero-order valence-corrected chi connectivity index (χ0v) is 12.2. The number of aryl methyl sites for hydroxylation is 1. The molecule has 1 heterocycles. The highest BCUT2D eigenvalue weighted by molar-refractivity contribution is 6.30. The molecule has 102 valence electrons. The molecule has 2 aromatic rings. The number of nitrogens with one attached hydrogen (secondary N) is 1. The van der Waals surface area contributed by atoms with E-state index in [2.05, 4.69) is 28.3 Å². The third kappa shape index (κ3) is 3.25. The standard InChI is InChI=1S/C15H15ClN4/c1-3-4-13-19-14(16)10(2)15(20-13)18-12-7-5-11(9-17)6-8-12/h5-8H,3-4H2,1-2H3,(H,18,19,20). The Morgan fingerprint density at radius 2 is 1.95 bits per heavy atom. The van der Waals surface area contributed by atoms with E-state index in [1.54, 1.807) is 12.1 Å². The van der Waals surface area contributed by atoms with Gasteiger partial charge in [0, 0.05) is 17.7 Å². The minimum Gasteiger partial charge on any atom is -0.340 e. The largest absolute Gasteiger partial charge is 0.340 e. The van der Waals surface area contributed by atoms with Crippen molar-refractivity contribution in [2.45, 2.75) is 26.7 Å². The molecular formula is C15H15ClN4. The maximum absolute atomic E-state index is 8.79. The zero-order chi connectivity index (χ0) is 14.5. The zero-order valence-electron chi connectivity index (χ0n) is 11.4. The molecular weight excluding hydrogens is 272 g/mol. The second-order valence-electron chi connectivity index (χ2n) is 4.47. The van der Waals surface area contributed by atoms with Crippen LogP contribution in [0.15, 0.2) is 24.3 Å². The normalized spacial score (nSPS) is 10.1. The van der Waals surface area contributed by atoms with Gasteiger partial charge in [-0.3, -0.25) is 0 Å². The summed E-state index contributed by atoms with van der Waals surface area (Å²) in [4.78, 5) is 8.75. The highest BCUT2D eigenvalue weighted by atomic mass is 35.5. The second-order valence-corrected chi connectivity index (χ2v) is 4.83. The Bertz CT molecular complexity index is 644. The van der Waals surface area contributed by atoms with Crippen molar-refractivity contribution >= 4 is 23.1 Å². The van der Waals surface area contributed by atoms with Crippen LogP contribution in [0.1, 0.15) is 30.3 Å². The Kier molecular flexibility index (Phi) is 4.54. The van der Waals surface area contributed by atoms with Crippen molar-refractivity contribution in [1.29, 1.82) is 5.26 Å². The lowest BCUT2D eigenvalue weighted by atomic mass is 10.2. The van der Waals surface area contributed by atoms with Crippen molar-refractivity contribution < 1.29 is 0 Å². The predicted octanol–water partition coefficient (Wildman–Crippen LogP) is 4.01.